The molecule has 0 unspecified atom stereocenters. The quantitative estimate of drug-likeness (QED) is 0.733. The Balaban J connectivity index is 0.00000147. The van der Waals surface area contributed by atoms with Gasteiger partial charge in [0.1, 0.15) is 17.0 Å². The van der Waals surface area contributed by atoms with Crippen LogP contribution in [0.25, 0.3) is 10.2 Å². The number of thiophene rings is 1. The second kappa shape index (κ2) is 7.02. The van der Waals surface area contributed by atoms with Crippen LogP contribution in [0.1, 0.15) is 5.56 Å². The van der Waals surface area contributed by atoms with E-state index in [1.165, 1.54) is 5.56 Å². The number of fused-ring (bicyclic) bond motifs is 1. The normalized spacial score (nSPS) is 10.2. The second-order valence-electron chi connectivity index (χ2n) is 4.15. The van der Waals surface area contributed by atoms with Gasteiger partial charge in [-0.25, -0.2) is 9.97 Å². The van der Waals surface area contributed by atoms with Crippen molar-refractivity contribution >= 4 is 55.7 Å². The molecular weight excluding hydrogens is 358 g/mol. The number of rotatable bonds is 4. The Bertz CT molecular complexity index is 687. The van der Waals surface area contributed by atoms with Gasteiger partial charge in [-0.15, -0.1) is 23.7 Å². The largest absolute Gasteiger partial charge is 0.369 e. The molecule has 0 fully saturated rings. The van der Waals surface area contributed by atoms with Gasteiger partial charge in [0.15, 0.2) is 0 Å². The number of halogens is 2. The predicted molar refractivity (Wildman–Crippen MR) is 91.0 cm³/mol. The highest BCUT2D eigenvalue weighted by Crippen LogP contribution is 2.31. The van der Waals surface area contributed by atoms with Crippen LogP contribution in [0.4, 0.5) is 5.82 Å². The first-order chi connectivity index (χ1) is 9.33. The Kier molecular flexibility index (Phi) is 5.34. The van der Waals surface area contributed by atoms with E-state index in [2.05, 4.69) is 61.5 Å². The van der Waals surface area contributed by atoms with Crippen LogP contribution in [-0.4, -0.2) is 16.5 Å². The van der Waals surface area contributed by atoms with E-state index in [4.69, 9.17) is 0 Å². The van der Waals surface area contributed by atoms with E-state index in [9.17, 15) is 0 Å². The lowest BCUT2D eigenvalue weighted by atomic mass is 10.1. The number of anilines is 1. The van der Waals surface area contributed by atoms with Crippen molar-refractivity contribution in [2.45, 2.75) is 6.42 Å². The molecule has 104 valence electrons. The average Bonchev–Trinajstić information content (AvgIpc) is 2.81. The Morgan fingerprint density at radius 3 is 2.75 bits per heavy atom. The maximum atomic E-state index is 4.32. The Labute approximate surface area is 136 Å². The van der Waals surface area contributed by atoms with Crippen molar-refractivity contribution in [1.29, 1.82) is 0 Å². The number of nitrogens with one attached hydrogen (secondary N) is 1. The SMILES string of the molecule is Brc1cc2c(NCCc3ccccc3)ncnc2s1.Cl. The minimum Gasteiger partial charge on any atom is -0.369 e. The minimum absolute atomic E-state index is 0. The van der Waals surface area contributed by atoms with Crippen molar-refractivity contribution in [3.05, 3.63) is 52.1 Å². The smallest absolute Gasteiger partial charge is 0.138 e. The van der Waals surface area contributed by atoms with E-state index in [1.807, 2.05) is 6.07 Å². The number of hydrogen-bond donors (Lipinski definition) is 1. The van der Waals surface area contributed by atoms with Gasteiger partial charge in [-0.1, -0.05) is 30.3 Å². The maximum Gasteiger partial charge on any atom is 0.138 e. The standard InChI is InChI=1S/C14H12BrN3S.ClH/c15-12-8-11-13(17-9-18-14(11)19-12)16-7-6-10-4-2-1-3-5-10;/h1-5,8-9H,6-7H2,(H,16,17,18);1H. The van der Waals surface area contributed by atoms with Gasteiger partial charge in [0.25, 0.3) is 0 Å². The van der Waals surface area contributed by atoms with Crippen molar-refractivity contribution < 1.29 is 0 Å². The first kappa shape index (κ1) is 15.2. The fraction of sp³-hybridized carbons (Fsp3) is 0.143. The summed E-state index contributed by atoms with van der Waals surface area (Å²) >= 11 is 5.11. The van der Waals surface area contributed by atoms with Gasteiger partial charge in [0.05, 0.1) is 9.17 Å². The van der Waals surface area contributed by atoms with Crippen LogP contribution in [-0.2, 0) is 6.42 Å². The third-order valence-corrected chi connectivity index (χ3v) is 4.39. The van der Waals surface area contributed by atoms with Crippen molar-refractivity contribution in [2.24, 2.45) is 0 Å². The van der Waals surface area contributed by atoms with Crippen molar-refractivity contribution in [2.75, 3.05) is 11.9 Å². The Hall–Kier alpha value is -1.17. The molecule has 3 rings (SSSR count). The molecule has 0 aliphatic carbocycles. The van der Waals surface area contributed by atoms with E-state index in [0.29, 0.717) is 0 Å². The second-order valence-corrected chi connectivity index (χ2v) is 6.56. The van der Waals surface area contributed by atoms with Crippen molar-refractivity contribution in [1.82, 2.24) is 9.97 Å². The molecule has 3 aromatic rings. The van der Waals surface area contributed by atoms with E-state index < -0.39 is 0 Å². The molecule has 0 radical (unpaired) electrons. The molecule has 0 saturated carbocycles. The molecule has 20 heavy (non-hydrogen) atoms. The number of aromatic nitrogens is 2. The summed E-state index contributed by atoms with van der Waals surface area (Å²) in [6, 6.07) is 12.5. The van der Waals surface area contributed by atoms with Crippen LogP contribution < -0.4 is 5.32 Å². The van der Waals surface area contributed by atoms with Gasteiger partial charge in [-0.05, 0) is 34.0 Å². The lowest BCUT2D eigenvalue weighted by molar-refractivity contribution is 1.01. The highest BCUT2D eigenvalue weighted by atomic mass is 79.9. The van der Waals surface area contributed by atoms with Crippen LogP contribution in [0.15, 0.2) is 46.5 Å². The van der Waals surface area contributed by atoms with E-state index in [0.717, 1.165) is 32.8 Å². The molecule has 0 spiro atoms. The molecule has 2 aromatic heterocycles. The van der Waals surface area contributed by atoms with Crippen LogP contribution in [0.3, 0.4) is 0 Å². The van der Waals surface area contributed by atoms with E-state index in [-0.39, 0.29) is 12.4 Å². The first-order valence-electron chi connectivity index (χ1n) is 6.01. The van der Waals surface area contributed by atoms with E-state index >= 15 is 0 Å². The number of benzene rings is 1. The highest BCUT2D eigenvalue weighted by Gasteiger charge is 2.06. The summed E-state index contributed by atoms with van der Waals surface area (Å²) in [5.41, 5.74) is 1.33. The molecule has 0 aliphatic heterocycles. The molecule has 0 saturated heterocycles. The third kappa shape index (κ3) is 3.48. The van der Waals surface area contributed by atoms with Gasteiger partial charge >= 0.3 is 0 Å². The molecule has 2 heterocycles. The summed E-state index contributed by atoms with van der Waals surface area (Å²) in [6.07, 6.45) is 2.59. The molecule has 1 aromatic carbocycles. The third-order valence-electron chi connectivity index (χ3n) is 2.85. The van der Waals surface area contributed by atoms with Gasteiger partial charge in [-0.2, -0.15) is 0 Å². The summed E-state index contributed by atoms with van der Waals surface area (Å²) in [6.45, 7) is 0.865. The molecule has 6 heteroatoms. The van der Waals surface area contributed by atoms with Crippen LogP contribution in [0.2, 0.25) is 0 Å². The number of hydrogen-bond acceptors (Lipinski definition) is 4. The molecule has 0 amide bonds. The van der Waals surface area contributed by atoms with Gasteiger partial charge < -0.3 is 5.32 Å². The minimum atomic E-state index is 0. The summed E-state index contributed by atoms with van der Waals surface area (Å²) in [4.78, 5) is 9.59. The van der Waals surface area contributed by atoms with E-state index in [1.54, 1.807) is 17.7 Å². The number of nitrogens with zero attached hydrogens (tertiary/aromatic N) is 2. The zero-order valence-corrected chi connectivity index (χ0v) is 13.8. The Morgan fingerprint density at radius 1 is 1.15 bits per heavy atom. The fourth-order valence-electron chi connectivity index (χ4n) is 1.94. The van der Waals surface area contributed by atoms with Crippen LogP contribution in [0.5, 0.6) is 0 Å². The summed E-state index contributed by atoms with van der Waals surface area (Å²) < 4.78 is 1.08. The Morgan fingerprint density at radius 2 is 1.95 bits per heavy atom. The topological polar surface area (TPSA) is 37.8 Å². The molecule has 0 aliphatic rings. The first-order valence-corrected chi connectivity index (χ1v) is 7.62. The summed E-state index contributed by atoms with van der Waals surface area (Å²) in [7, 11) is 0. The highest BCUT2D eigenvalue weighted by molar-refractivity contribution is 9.11. The predicted octanol–water partition coefficient (Wildman–Crippen LogP) is 4.53. The molecule has 0 bridgehead atoms. The lowest BCUT2D eigenvalue weighted by Gasteiger charge is -2.06. The molecule has 1 N–H and O–H groups in total. The molecule has 0 atom stereocenters. The lowest BCUT2D eigenvalue weighted by Crippen LogP contribution is -2.06. The van der Waals surface area contributed by atoms with Gasteiger partial charge in [0, 0.05) is 6.54 Å². The van der Waals surface area contributed by atoms with Crippen LogP contribution in [0, 0.1) is 0 Å². The fourth-order valence-corrected chi connectivity index (χ4v) is 3.35. The zero-order valence-electron chi connectivity index (χ0n) is 10.5. The molecule has 3 nitrogen and oxygen atoms in total. The summed E-state index contributed by atoms with van der Waals surface area (Å²) in [5, 5.41) is 4.46. The van der Waals surface area contributed by atoms with Crippen molar-refractivity contribution in [3.8, 4) is 0 Å². The zero-order chi connectivity index (χ0) is 13.1. The molecular formula is C14H13BrClN3S. The van der Waals surface area contributed by atoms with Crippen molar-refractivity contribution in [3.63, 3.8) is 0 Å². The monoisotopic (exact) mass is 369 g/mol. The summed E-state index contributed by atoms with van der Waals surface area (Å²) in [5.74, 6) is 0.905. The average molecular weight is 371 g/mol. The maximum absolute atomic E-state index is 4.32. The van der Waals surface area contributed by atoms with Crippen LogP contribution >= 0.6 is 39.7 Å². The van der Waals surface area contributed by atoms with Gasteiger partial charge in [0.2, 0.25) is 0 Å². The van der Waals surface area contributed by atoms with Gasteiger partial charge in [-0.3, -0.25) is 0 Å².